The normalized spacial score (nSPS) is 15.3. The summed E-state index contributed by atoms with van der Waals surface area (Å²) in [4.78, 5) is 15.5. The topological polar surface area (TPSA) is 46.9 Å². The van der Waals surface area contributed by atoms with Crippen molar-refractivity contribution in [3.05, 3.63) is 24.3 Å². The summed E-state index contributed by atoms with van der Waals surface area (Å²) in [5.74, 6) is 0.718. The van der Waals surface area contributed by atoms with E-state index in [9.17, 15) is 4.79 Å². The molecule has 0 bridgehead atoms. The average molecular weight is 187 g/mol. The summed E-state index contributed by atoms with van der Waals surface area (Å²) in [6, 6.07) is 7.90. The van der Waals surface area contributed by atoms with Crippen molar-refractivity contribution in [1.29, 1.82) is 0 Å². The Labute approximate surface area is 80.6 Å². The SMILES string of the molecule is O=C1CCn2c(nc3ccccc32)N1. The standard InChI is InChI=1S/C10H9N3O/c14-9-5-6-13-8-4-2-1-3-7(8)11-10(13)12-9/h1-4H,5-6H2,(H,11,12,14). The van der Waals surface area contributed by atoms with E-state index in [2.05, 4.69) is 10.3 Å². The minimum Gasteiger partial charge on any atom is -0.309 e. The van der Waals surface area contributed by atoms with Crippen molar-refractivity contribution in [2.24, 2.45) is 0 Å². The zero-order valence-electron chi connectivity index (χ0n) is 7.53. The van der Waals surface area contributed by atoms with Crippen LogP contribution in [-0.4, -0.2) is 15.5 Å². The monoisotopic (exact) mass is 187 g/mol. The van der Waals surface area contributed by atoms with E-state index in [-0.39, 0.29) is 5.91 Å². The third-order valence-electron chi connectivity index (χ3n) is 2.47. The van der Waals surface area contributed by atoms with Gasteiger partial charge in [0.25, 0.3) is 0 Å². The first-order valence-corrected chi connectivity index (χ1v) is 4.60. The summed E-state index contributed by atoms with van der Waals surface area (Å²) in [7, 11) is 0. The van der Waals surface area contributed by atoms with Gasteiger partial charge in [0.05, 0.1) is 11.0 Å². The fourth-order valence-corrected chi connectivity index (χ4v) is 1.80. The highest BCUT2D eigenvalue weighted by Gasteiger charge is 2.17. The highest BCUT2D eigenvalue weighted by atomic mass is 16.1. The van der Waals surface area contributed by atoms with Crippen LogP contribution in [0.15, 0.2) is 24.3 Å². The molecule has 4 nitrogen and oxygen atoms in total. The zero-order valence-corrected chi connectivity index (χ0v) is 7.53. The van der Waals surface area contributed by atoms with Crippen LogP contribution in [-0.2, 0) is 11.3 Å². The number of hydrogen-bond acceptors (Lipinski definition) is 2. The average Bonchev–Trinajstić information content (AvgIpc) is 2.54. The van der Waals surface area contributed by atoms with Gasteiger partial charge in [-0.05, 0) is 12.1 Å². The van der Waals surface area contributed by atoms with E-state index >= 15 is 0 Å². The van der Waals surface area contributed by atoms with Crippen molar-refractivity contribution in [2.45, 2.75) is 13.0 Å². The Bertz CT molecular complexity index is 515. The molecule has 0 radical (unpaired) electrons. The number of imidazole rings is 1. The van der Waals surface area contributed by atoms with E-state index in [4.69, 9.17) is 0 Å². The minimum atomic E-state index is 0.0489. The first-order valence-electron chi connectivity index (χ1n) is 4.60. The van der Waals surface area contributed by atoms with E-state index in [1.807, 2.05) is 28.8 Å². The predicted octanol–water partition coefficient (Wildman–Crippen LogP) is 1.38. The Hall–Kier alpha value is -1.84. The highest BCUT2D eigenvalue weighted by molar-refractivity contribution is 5.93. The first-order chi connectivity index (χ1) is 6.84. The maximum atomic E-state index is 11.1. The molecule has 0 saturated heterocycles. The molecule has 0 fully saturated rings. The lowest BCUT2D eigenvalue weighted by molar-refractivity contribution is -0.116. The number of carbonyl (C=O) groups is 1. The molecule has 14 heavy (non-hydrogen) atoms. The Morgan fingerprint density at radius 3 is 3.14 bits per heavy atom. The molecule has 1 N–H and O–H groups in total. The van der Waals surface area contributed by atoms with Gasteiger partial charge in [-0.25, -0.2) is 4.98 Å². The molecule has 2 heterocycles. The van der Waals surface area contributed by atoms with Crippen molar-refractivity contribution in [3.8, 4) is 0 Å². The predicted molar refractivity (Wildman–Crippen MR) is 53.0 cm³/mol. The van der Waals surface area contributed by atoms with Crippen LogP contribution >= 0.6 is 0 Å². The van der Waals surface area contributed by atoms with E-state index in [1.54, 1.807) is 0 Å². The van der Waals surface area contributed by atoms with Crippen molar-refractivity contribution in [3.63, 3.8) is 0 Å². The highest BCUT2D eigenvalue weighted by Crippen LogP contribution is 2.22. The minimum absolute atomic E-state index is 0.0489. The molecule has 0 unspecified atom stereocenters. The van der Waals surface area contributed by atoms with Crippen LogP contribution in [0.25, 0.3) is 11.0 Å². The van der Waals surface area contributed by atoms with Gasteiger partial charge in [-0.15, -0.1) is 0 Å². The van der Waals surface area contributed by atoms with Gasteiger partial charge < -0.3 is 4.57 Å². The third kappa shape index (κ3) is 0.937. The number of nitrogens with one attached hydrogen (secondary N) is 1. The Balaban J connectivity index is 2.29. The molecule has 0 saturated carbocycles. The Kier molecular flexibility index (Phi) is 1.39. The van der Waals surface area contributed by atoms with Gasteiger partial charge >= 0.3 is 0 Å². The molecular formula is C10H9N3O. The molecule has 1 aliphatic rings. The largest absolute Gasteiger partial charge is 0.309 e. The number of aromatic nitrogens is 2. The second kappa shape index (κ2) is 2.57. The lowest BCUT2D eigenvalue weighted by Crippen LogP contribution is -2.23. The van der Waals surface area contributed by atoms with Gasteiger partial charge in [0, 0.05) is 13.0 Å². The summed E-state index contributed by atoms with van der Waals surface area (Å²) >= 11 is 0. The van der Waals surface area contributed by atoms with E-state index in [1.165, 1.54) is 0 Å². The van der Waals surface area contributed by atoms with Crippen molar-refractivity contribution >= 4 is 22.9 Å². The summed E-state index contributed by atoms with van der Waals surface area (Å²) in [5, 5.41) is 2.76. The number of benzene rings is 1. The smallest absolute Gasteiger partial charge is 0.228 e. The van der Waals surface area contributed by atoms with Crippen LogP contribution in [0.1, 0.15) is 6.42 Å². The van der Waals surface area contributed by atoms with Gasteiger partial charge in [-0.1, -0.05) is 12.1 Å². The van der Waals surface area contributed by atoms with Gasteiger partial charge in [0.15, 0.2) is 0 Å². The number of nitrogens with zero attached hydrogens (tertiary/aromatic N) is 2. The Morgan fingerprint density at radius 1 is 1.36 bits per heavy atom. The third-order valence-corrected chi connectivity index (χ3v) is 2.47. The molecule has 1 aliphatic heterocycles. The van der Waals surface area contributed by atoms with Gasteiger partial charge in [0.1, 0.15) is 0 Å². The molecule has 1 aromatic carbocycles. The maximum Gasteiger partial charge on any atom is 0.228 e. The van der Waals surface area contributed by atoms with Crippen LogP contribution < -0.4 is 5.32 Å². The van der Waals surface area contributed by atoms with E-state index in [0.29, 0.717) is 12.4 Å². The van der Waals surface area contributed by atoms with Gasteiger partial charge in [-0.3, -0.25) is 10.1 Å². The summed E-state index contributed by atoms with van der Waals surface area (Å²) in [5.41, 5.74) is 2.02. The number of hydrogen-bond donors (Lipinski definition) is 1. The Morgan fingerprint density at radius 2 is 2.21 bits per heavy atom. The fourth-order valence-electron chi connectivity index (χ4n) is 1.80. The first kappa shape index (κ1) is 7.55. The molecular weight excluding hydrogens is 178 g/mol. The van der Waals surface area contributed by atoms with E-state index < -0.39 is 0 Å². The number of para-hydroxylation sites is 2. The summed E-state index contributed by atoms with van der Waals surface area (Å²) < 4.78 is 2.04. The molecule has 0 atom stereocenters. The number of anilines is 1. The van der Waals surface area contributed by atoms with Gasteiger partial charge in [0.2, 0.25) is 11.9 Å². The second-order valence-electron chi connectivity index (χ2n) is 3.37. The quantitative estimate of drug-likeness (QED) is 0.677. The molecule has 4 heteroatoms. The second-order valence-corrected chi connectivity index (χ2v) is 3.37. The zero-order chi connectivity index (χ0) is 9.54. The number of fused-ring (bicyclic) bond motifs is 3. The number of amides is 1. The van der Waals surface area contributed by atoms with Crippen LogP contribution in [0.5, 0.6) is 0 Å². The maximum absolute atomic E-state index is 11.1. The van der Waals surface area contributed by atoms with Crippen LogP contribution in [0, 0.1) is 0 Å². The molecule has 0 aliphatic carbocycles. The van der Waals surface area contributed by atoms with Crippen LogP contribution in [0.2, 0.25) is 0 Å². The number of carbonyl (C=O) groups excluding carboxylic acids is 1. The van der Waals surface area contributed by atoms with Crippen LogP contribution in [0.3, 0.4) is 0 Å². The molecule has 70 valence electrons. The fraction of sp³-hybridized carbons (Fsp3) is 0.200. The van der Waals surface area contributed by atoms with E-state index in [0.717, 1.165) is 17.6 Å². The van der Waals surface area contributed by atoms with Crippen molar-refractivity contribution < 1.29 is 4.79 Å². The molecule has 1 aromatic heterocycles. The van der Waals surface area contributed by atoms with Crippen molar-refractivity contribution in [1.82, 2.24) is 9.55 Å². The number of rotatable bonds is 0. The van der Waals surface area contributed by atoms with Crippen LogP contribution in [0.4, 0.5) is 5.95 Å². The summed E-state index contributed by atoms with van der Waals surface area (Å²) in [6.45, 7) is 0.724. The molecule has 0 spiro atoms. The molecule has 2 aromatic rings. The number of aryl methyl sites for hydroxylation is 1. The van der Waals surface area contributed by atoms with Crippen molar-refractivity contribution in [2.75, 3.05) is 5.32 Å². The van der Waals surface area contributed by atoms with Gasteiger partial charge in [-0.2, -0.15) is 0 Å². The molecule has 3 rings (SSSR count). The molecule has 1 amide bonds. The summed E-state index contributed by atoms with van der Waals surface area (Å²) in [6.07, 6.45) is 0.535. The lowest BCUT2D eigenvalue weighted by atomic mass is 10.3. The lowest BCUT2D eigenvalue weighted by Gasteiger charge is -2.14.